The summed E-state index contributed by atoms with van der Waals surface area (Å²) in [4.78, 5) is 12.2. The quantitative estimate of drug-likeness (QED) is 0.289. The molecule has 4 aromatic rings. The maximum atomic E-state index is 12.2. The molecule has 1 aromatic heterocycles. The molecule has 0 spiro atoms. The Kier molecular flexibility index (Phi) is 4.15. The Bertz CT molecular complexity index is 1120. The second-order valence-corrected chi connectivity index (χ2v) is 5.75. The van der Waals surface area contributed by atoms with Gasteiger partial charge in [0.1, 0.15) is 22.7 Å². The molecule has 0 aliphatic heterocycles. The largest absolute Gasteiger partial charge is 0.496 e. The molecular formula is C22H16O4. The number of ether oxygens (including phenoxy) is 2. The molecule has 0 fully saturated rings. The number of hydrogen-bond acceptors (Lipinski definition) is 4. The van der Waals surface area contributed by atoms with Crippen molar-refractivity contribution < 1.29 is 18.7 Å². The van der Waals surface area contributed by atoms with Gasteiger partial charge in [-0.1, -0.05) is 36.4 Å². The predicted molar refractivity (Wildman–Crippen MR) is 101 cm³/mol. The first kappa shape index (κ1) is 16.0. The first-order valence-electron chi connectivity index (χ1n) is 8.19. The number of methoxy groups -OCH3 is 1. The highest BCUT2D eigenvalue weighted by atomic mass is 16.5. The number of benzene rings is 3. The van der Waals surface area contributed by atoms with Crippen LogP contribution in [0.3, 0.4) is 0 Å². The fourth-order valence-corrected chi connectivity index (χ4v) is 2.88. The average molecular weight is 344 g/mol. The summed E-state index contributed by atoms with van der Waals surface area (Å²) in [5, 5.41) is 1.91. The molecule has 4 rings (SSSR count). The summed E-state index contributed by atoms with van der Waals surface area (Å²) in [5.41, 5.74) is 2.38. The number of furan rings is 1. The lowest BCUT2D eigenvalue weighted by molar-refractivity contribution is -0.128. The second kappa shape index (κ2) is 6.76. The summed E-state index contributed by atoms with van der Waals surface area (Å²) in [6.45, 7) is 0. The van der Waals surface area contributed by atoms with E-state index in [2.05, 4.69) is 0 Å². The zero-order chi connectivity index (χ0) is 17.9. The first-order valence-corrected chi connectivity index (χ1v) is 8.19. The lowest BCUT2D eigenvalue weighted by Crippen LogP contribution is -2.03. The van der Waals surface area contributed by atoms with E-state index in [1.54, 1.807) is 19.3 Å². The Hall–Kier alpha value is -3.53. The van der Waals surface area contributed by atoms with Crippen LogP contribution in [0.4, 0.5) is 0 Å². The summed E-state index contributed by atoms with van der Waals surface area (Å²) in [7, 11) is 1.59. The third-order valence-corrected chi connectivity index (χ3v) is 4.10. The zero-order valence-electron chi connectivity index (χ0n) is 14.1. The van der Waals surface area contributed by atoms with Gasteiger partial charge in [-0.3, -0.25) is 0 Å². The number of carbonyl (C=O) groups is 1. The molecule has 128 valence electrons. The van der Waals surface area contributed by atoms with Gasteiger partial charge in [-0.05, 0) is 36.4 Å². The average Bonchev–Trinajstić information content (AvgIpc) is 3.04. The van der Waals surface area contributed by atoms with Gasteiger partial charge in [0.05, 0.1) is 7.11 Å². The molecular weight excluding hydrogens is 328 g/mol. The molecule has 4 heteroatoms. The van der Waals surface area contributed by atoms with Crippen molar-refractivity contribution in [2.24, 2.45) is 0 Å². The van der Waals surface area contributed by atoms with Gasteiger partial charge >= 0.3 is 5.97 Å². The molecule has 0 aliphatic carbocycles. The maximum Gasteiger partial charge on any atom is 0.336 e. The first-order chi connectivity index (χ1) is 12.7. The molecule has 0 unspecified atom stereocenters. The van der Waals surface area contributed by atoms with Gasteiger partial charge in [-0.25, -0.2) is 4.79 Å². The minimum absolute atomic E-state index is 0.456. The van der Waals surface area contributed by atoms with E-state index in [-0.39, 0.29) is 0 Å². The molecule has 3 aromatic carbocycles. The van der Waals surface area contributed by atoms with Crippen molar-refractivity contribution in [3.8, 4) is 11.5 Å². The standard InChI is InChI=1S/C22H16O4/c1-24-19-8-4-2-6-15(19)10-13-22(23)25-16-11-12-21-18(14-16)17-7-3-5-9-20(17)26-21/h2-14H,1H3/b13-10+. The van der Waals surface area contributed by atoms with Crippen molar-refractivity contribution in [1.29, 1.82) is 0 Å². The lowest BCUT2D eigenvalue weighted by atomic mass is 10.1. The second-order valence-electron chi connectivity index (χ2n) is 5.75. The van der Waals surface area contributed by atoms with Crippen molar-refractivity contribution >= 4 is 34.0 Å². The number of fused-ring (bicyclic) bond motifs is 3. The molecule has 26 heavy (non-hydrogen) atoms. The molecule has 0 atom stereocenters. The van der Waals surface area contributed by atoms with Gasteiger partial charge in [0, 0.05) is 22.4 Å². The third kappa shape index (κ3) is 3.05. The van der Waals surface area contributed by atoms with Crippen LogP contribution in [0, 0.1) is 0 Å². The van der Waals surface area contributed by atoms with Gasteiger partial charge in [0.15, 0.2) is 0 Å². The minimum atomic E-state index is -0.456. The summed E-state index contributed by atoms with van der Waals surface area (Å²) >= 11 is 0. The van der Waals surface area contributed by atoms with Crippen LogP contribution in [0.2, 0.25) is 0 Å². The van der Waals surface area contributed by atoms with E-state index in [1.165, 1.54) is 6.08 Å². The molecule has 0 bridgehead atoms. The number of hydrogen-bond donors (Lipinski definition) is 0. The molecule has 0 aliphatic rings. The lowest BCUT2D eigenvalue weighted by Gasteiger charge is -2.04. The van der Waals surface area contributed by atoms with Gasteiger partial charge < -0.3 is 13.9 Å². The third-order valence-electron chi connectivity index (χ3n) is 4.10. The summed E-state index contributed by atoms with van der Waals surface area (Å²) in [6, 6.07) is 20.6. The highest BCUT2D eigenvalue weighted by Crippen LogP contribution is 2.31. The molecule has 0 amide bonds. The number of carbonyl (C=O) groups excluding carboxylic acids is 1. The van der Waals surface area contributed by atoms with Gasteiger partial charge in [0.2, 0.25) is 0 Å². The maximum absolute atomic E-state index is 12.2. The van der Waals surface area contributed by atoms with Gasteiger partial charge in [-0.15, -0.1) is 0 Å². The number of rotatable bonds is 4. The molecule has 0 saturated heterocycles. The minimum Gasteiger partial charge on any atom is -0.496 e. The van der Waals surface area contributed by atoms with E-state index >= 15 is 0 Å². The summed E-state index contributed by atoms with van der Waals surface area (Å²) in [5.74, 6) is 0.713. The topological polar surface area (TPSA) is 48.7 Å². The van der Waals surface area contributed by atoms with Crippen LogP contribution < -0.4 is 9.47 Å². The Morgan fingerprint density at radius 3 is 2.58 bits per heavy atom. The predicted octanol–water partition coefficient (Wildman–Crippen LogP) is 5.21. The van der Waals surface area contributed by atoms with E-state index in [9.17, 15) is 4.79 Å². The molecule has 4 nitrogen and oxygen atoms in total. The normalized spacial score (nSPS) is 11.3. The molecule has 0 radical (unpaired) electrons. The van der Waals surface area contributed by atoms with E-state index in [1.807, 2.05) is 60.7 Å². The van der Waals surface area contributed by atoms with E-state index in [0.717, 1.165) is 27.5 Å². The van der Waals surface area contributed by atoms with Crippen LogP contribution in [0.1, 0.15) is 5.56 Å². The van der Waals surface area contributed by atoms with Gasteiger partial charge in [0.25, 0.3) is 0 Å². The summed E-state index contributed by atoms with van der Waals surface area (Å²) in [6.07, 6.45) is 3.06. The van der Waals surface area contributed by atoms with Crippen molar-refractivity contribution in [1.82, 2.24) is 0 Å². The Morgan fingerprint density at radius 1 is 0.923 bits per heavy atom. The van der Waals surface area contributed by atoms with Crippen LogP contribution in [0.5, 0.6) is 11.5 Å². The highest BCUT2D eigenvalue weighted by molar-refractivity contribution is 6.05. The molecule has 1 heterocycles. The number of para-hydroxylation sites is 2. The van der Waals surface area contributed by atoms with Crippen molar-refractivity contribution in [3.63, 3.8) is 0 Å². The van der Waals surface area contributed by atoms with Crippen LogP contribution in [-0.2, 0) is 4.79 Å². The van der Waals surface area contributed by atoms with Crippen LogP contribution in [0.25, 0.3) is 28.0 Å². The number of esters is 1. The molecule has 0 N–H and O–H groups in total. The Morgan fingerprint density at radius 2 is 1.69 bits per heavy atom. The Balaban J connectivity index is 1.57. The SMILES string of the molecule is COc1ccccc1/C=C/C(=O)Oc1ccc2oc3ccccc3c2c1. The van der Waals surface area contributed by atoms with Gasteiger partial charge in [-0.2, -0.15) is 0 Å². The fraction of sp³-hybridized carbons (Fsp3) is 0.0455. The van der Waals surface area contributed by atoms with Crippen molar-refractivity contribution in [2.45, 2.75) is 0 Å². The highest BCUT2D eigenvalue weighted by Gasteiger charge is 2.09. The van der Waals surface area contributed by atoms with Crippen LogP contribution in [0.15, 0.2) is 77.2 Å². The summed E-state index contributed by atoms with van der Waals surface area (Å²) < 4.78 is 16.5. The van der Waals surface area contributed by atoms with Crippen molar-refractivity contribution in [3.05, 3.63) is 78.4 Å². The molecule has 0 saturated carbocycles. The fourth-order valence-electron chi connectivity index (χ4n) is 2.88. The van der Waals surface area contributed by atoms with Crippen molar-refractivity contribution in [2.75, 3.05) is 7.11 Å². The van der Waals surface area contributed by atoms with E-state index < -0.39 is 5.97 Å². The van der Waals surface area contributed by atoms with E-state index in [4.69, 9.17) is 13.9 Å². The zero-order valence-corrected chi connectivity index (χ0v) is 14.1. The van der Waals surface area contributed by atoms with E-state index in [0.29, 0.717) is 11.5 Å². The van der Waals surface area contributed by atoms with Crippen LogP contribution >= 0.6 is 0 Å². The smallest absolute Gasteiger partial charge is 0.336 e. The Labute approximate surface area is 150 Å². The van der Waals surface area contributed by atoms with Crippen LogP contribution in [-0.4, -0.2) is 13.1 Å². The monoisotopic (exact) mass is 344 g/mol.